The molecule has 3 fully saturated rings. The van der Waals surface area contributed by atoms with Gasteiger partial charge < -0.3 is 10.1 Å². The quantitative estimate of drug-likeness (QED) is 0.827. The summed E-state index contributed by atoms with van der Waals surface area (Å²) >= 11 is 0. The second-order valence-corrected chi connectivity index (χ2v) is 7.61. The van der Waals surface area contributed by atoms with Crippen LogP contribution in [-0.4, -0.2) is 49.3 Å². The lowest BCUT2D eigenvalue weighted by Crippen LogP contribution is -2.51. The van der Waals surface area contributed by atoms with Gasteiger partial charge in [-0.3, -0.25) is 4.90 Å². The van der Waals surface area contributed by atoms with Crippen molar-refractivity contribution in [3.8, 4) is 0 Å². The molecule has 3 heteroatoms. The third-order valence-corrected chi connectivity index (χ3v) is 5.50. The number of rotatable bonds is 5. The maximum absolute atomic E-state index is 5.62. The van der Waals surface area contributed by atoms with Crippen molar-refractivity contribution in [2.24, 2.45) is 5.41 Å². The molecule has 2 heterocycles. The standard InChI is InChI=1S/C16H30N2O/c1-15(2)6-3-9-18(15)13-16(7-10-19-11-8-16)12-17-14-4-5-14/h14,17H,3-13H2,1-2H3. The van der Waals surface area contributed by atoms with Crippen LogP contribution in [0.3, 0.4) is 0 Å². The van der Waals surface area contributed by atoms with Gasteiger partial charge in [-0.2, -0.15) is 0 Å². The number of nitrogens with zero attached hydrogens (tertiary/aromatic N) is 1. The molecule has 2 saturated heterocycles. The molecule has 0 aromatic carbocycles. The van der Waals surface area contributed by atoms with E-state index in [0.29, 0.717) is 11.0 Å². The molecule has 3 aliphatic rings. The third-order valence-electron chi connectivity index (χ3n) is 5.50. The highest BCUT2D eigenvalue weighted by Crippen LogP contribution is 2.37. The topological polar surface area (TPSA) is 24.5 Å². The smallest absolute Gasteiger partial charge is 0.0472 e. The summed E-state index contributed by atoms with van der Waals surface area (Å²) in [6.07, 6.45) is 7.98. The zero-order valence-electron chi connectivity index (χ0n) is 12.7. The summed E-state index contributed by atoms with van der Waals surface area (Å²) < 4.78 is 5.62. The maximum atomic E-state index is 5.62. The average molecular weight is 266 g/mol. The number of ether oxygens (including phenoxy) is 1. The molecule has 0 bridgehead atoms. The molecule has 3 nitrogen and oxygen atoms in total. The van der Waals surface area contributed by atoms with Crippen molar-refractivity contribution in [1.29, 1.82) is 0 Å². The molecule has 0 radical (unpaired) electrons. The van der Waals surface area contributed by atoms with Gasteiger partial charge in [-0.25, -0.2) is 0 Å². The Morgan fingerprint density at radius 1 is 1.16 bits per heavy atom. The van der Waals surface area contributed by atoms with Crippen LogP contribution in [0.1, 0.15) is 52.4 Å². The van der Waals surface area contributed by atoms with Gasteiger partial charge in [-0.15, -0.1) is 0 Å². The van der Waals surface area contributed by atoms with Gasteiger partial charge in [0, 0.05) is 37.9 Å². The molecule has 1 saturated carbocycles. The van der Waals surface area contributed by atoms with E-state index in [1.807, 2.05) is 0 Å². The lowest BCUT2D eigenvalue weighted by Gasteiger charge is -2.44. The normalized spacial score (nSPS) is 30.6. The molecule has 1 N–H and O–H groups in total. The van der Waals surface area contributed by atoms with Crippen molar-refractivity contribution in [3.63, 3.8) is 0 Å². The molecule has 0 aromatic heterocycles. The van der Waals surface area contributed by atoms with Crippen molar-refractivity contribution in [1.82, 2.24) is 10.2 Å². The highest BCUT2D eigenvalue weighted by Gasteiger charge is 2.41. The molecule has 0 unspecified atom stereocenters. The number of hydrogen-bond donors (Lipinski definition) is 1. The summed E-state index contributed by atoms with van der Waals surface area (Å²) in [5.74, 6) is 0. The first-order chi connectivity index (χ1) is 9.10. The Labute approximate surface area is 118 Å². The van der Waals surface area contributed by atoms with Crippen molar-refractivity contribution in [2.45, 2.75) is 64.0 Å². The van der Waals surface area contributed by atoms with Crippen LogP contribution in [0.15, 0.2) is 0 Å². The Morgan fingerprint density at radius 2 is 1.89 bits per heavy atom. The Balaban J connectivity index is 1.63. The van der Waals surface area contributed by atoms with Crippen LogP contribution in [0.5, 0.6) is 0 Å². The van der Waals surface area contributed by atoms with Crippen LogP contribution in [0.2, 0.25) is 0 Å². The van der Waals surface area contributed by atoms with Gasteiger partial charge in [0.15, 0.2) is 0 Å². The summed E-state index contributed by atoms with van der Waals surface area (Å²) in [7, 11) is 0. The minimum Gasteiger partial charge on any atom is -0.381 e. The molecule has 0 spiro atoms. The van der Waals surface area contributed by atoms with Crippen LogP contribution < -0.4 is 5.32 Å². The van der Waals surface area contributed by atoms with Gasteiger partial charge in [0.2, 0.25) is 0 Å². The zero-order valence-corrected chi connectivity index (χ0v) is 12.7. The Morgan fingerprint density at radius 3 is 2.47 bits per heavy atom. The van der Waals surface area contributed by atoms with E-state index >= 15 is 0 Å². The molecular formula is C16H30N2O. The minimum atomic E-state index is 0.408. The number of likely N-dealkylation sites (tertiary alicyclic amines) is 1. The van der Waals surface area contributed by atoms with E-state index in [-0.39, 0.29) is 0 Å². The van der Waals surface area contributed by atoms with Gasteiger partial charge in [-0.1, -0.05) is 0 Å². The van der Waals surface area contributed by atoms with Crippen molar-refractivity contribution < 1.29 is 4.74 Å². The summed E-state index contributed by atoms with van der Waals surface area (Å²) in [6.45, 7) is 10.5. The molecular weight excluding hydrogens is 236 g/mol. The van der Waals surface area contributed by atoms with Gasteiger partial charge >= 0.3 is 0 Å². The first kappa shape index (κ1) is 13.8. The average Bonchev–Trinajstić information content (AvgIpc) is 3.15. The molecule has 2 aliphatic heterocycles. The molecule has 0 atom stereocenters. The molecule has 0 amide bonds. The van der Waals surface area contributed by atoms with Crippen molar-refractivity contribution in [3.05, 3.63) is 0 Å². The zero-order chi connectivity index (χ0) is 13.3. The molecule has 1 aliphatic carbocycles. The largest absolute Gasteiger partial charge is 0.381 e. The fourth-order valence-corrected chi connectivity index (χ4v) is 3.70. The molecule has 3 rings (SSSR count). The predicted molar refractivity (Wildman–Crippen MR) is 78.4 cm³/mol. The van der Waals surface area contributed by atoms with E-state index in [1.54, 1.807) is 0 Å². The SMILES string of the molecule is CC1(C)CCCN1CC1(CNC2CC2)CCOCC1. The lowest BCUT2D eigenvalue weighted by atomic mass is 9.78. The van der Waals surface area contributed by atoms with Crippen LogP contribution in [-0.2, 0) is 4.74 Å². The predicted octanol–water partition coefficient (Wildman–Crippen LogP) is 2.41. The van der Waals surface area contributed by atoms with Gasteiger partial charge in [0.25, 0.3) is 0 Å². The van der Waals surface area contributed by atoms with Gasteiger partial charge in [0.05, 0.1) is 0 Å². The maximum Gasteiger partial charge on any atom is 0.0472 e. The van der Waals surface area contributed by atoms with E-state index in [1.165, 1.54) is 58.2 Å². The third kappa shape index (κ3) is 3.32. The summed E-state index contributed by atoms with van der Waals surface area (Å²) in [6, 6.07) is 0.825. The molecule has 0 aromatic rings. The molecule has 19 heavy (non-hydrogen) atoms. The van der Waals surface area contributed by atoms with E-state index in [0.717, 1.165) is 19.3 Å². The number of hydrogen-bond acceptors (Lipinski definition) is 3. The highest BCUT2D eigenvalue weighted by molar-refractivity contribution is 4.96. The summed E-state index contributed by atoms with van der Waals surface area (Å²) in [5.41, 5.74) is 0.868. The van der Waals surface area contributed by atoms with Crippen LogP contribution in [0.4, 0.5) is 0 Å². The van der Waals surface area contributed by atoms with Crippen molar-refractivity contribution in [2.75, 3.05) is 32.8 Å². The minimum absolute atomic E-state index is 0.408. The first-order valence-electron chi connectivity index (χ1n) is 8.16. The Kier molecular flexibility index (Phi) is 3.89. The Bertz CT molecular complexity index is 306. The van der Waals surface area contributed by atoms with E-state index in [9.17, 15) is 0 Å². The van der Waals surface area contributed by atoms with Crippen molar-refractivity contribution >= 4 is 0 Å². The second-order valence-electron chi connectivity index (χ2n) is 7.61. The highest BCUT2D eigenvalue weighted by atomic mass is 16.5. The lowest BCUT2D eigenvalue weighted by molar-refractivity contribution is -0.0148. The first-order valence-corrected chi connectivity index (χ1v) is 8.16. The Hall–Kier alpha value is -0.120. The summed E-state index contributed by atoms with van der Waals surface area (Å²) in [4.78, 5) is 2.74. The monoisotopic (exact) mass is 266 g/mol. The van der Waals surface area contributed by atoms with E-state index in [4.69, 9.17) is 4.74 Å². The fourth-order valence-electron chi connectivity index (χ4n) is 3.70. The van der Waals surface area contributed by atoms with E-state index < -0.39 is 0 Å². The fraction of sp³-hybridized carbons (Fsp3) is 1.00. The van der Waals surface area contributed by atoms with E-state index in [2.05, 4.69) is 24.1 Å². The molecule has 110 valence electrons. The van der Waals surface area contributed by atoms with Gasteiger partial charge in [0.1, 0.15) is 0 Å². The van der Waals surface area contributed by atoms with Crippen LogP contribution in [0, 0.1) is 5.41 Å². The second kappa shape index (κ2) is 5.34. The van der Waals surface area contributed by atoms with Gasteiger partial charge in [-0.05, 0) is 64.3 Å². The number of nitrogens with one attached hydrogen (secondary N) is 1. The van der Waals surface area contributed by atoms with Crippen LogP contribution >= 0.6 is 0 Å². The summed E-state index contributed by atoms with van der Waals surface area (Å²) in [5, 5.41) is 3.79. The van der Waals surface area contributed by atoms with Crippen LogP contribution in [0.25, 0.3) is 0 Å².